The maximum atomic E-state index is 12.6. The van der Waals surface area contributed by atoms with Crippen molar-refractivity contribution < 1.29 is 9.53 Å². The first-order chi connectivity index (χ1) is 10.6. The van der Waals surface area contributed by atoms with Gasteiger partial charge in [0.25, 0.3) is 0 Å². The van der Waals surface area contributed by atoms with Gasteiger partial charge >= 0.3 is 0 Å². The van der Waals surface area contributed by atoms with E-state index >= 15 is 0 Å². The third kappa shape index (κ3) is 3.27. The highest BCUT2D eigenvalue weighted by Gasteiger charge is 2.41. The molecule has 1 spiro atoms. The quantitative estimate of drug-likeness (QED) is 0.858. The molecule has 3 rings (SSSR count). The Morgan fingerprint density at radius 1 is 1.27 bits per heavy atom. The van der Waals surface area contributed by atoms with Crippen molar-refractivity contribution in [3.05, 3.63) is 29.8 Å². The van der Waals surface area contributed by atoms with Gasteiger partial charge in [0.05, 0.1) is 13.5 Å². The molecule has 0 N–H and O–H groups in total. The summed E-state index contributed by atoms with van der Waals surface area (Å²) in [6.07, 6.45) is 4.15. The molecular formula is C18H26N2O2. The molecule has 0 radical (unpaired) electrons. The van der Waals surface area contributed by atoms with Gasteiger partial charge in [-0.3, -0.25) is 4.79 Å². The van der Waals surface area contributed by atoms with Gasteiger partial charge in [-0.1, -0.05) is 12.1 Å². The van der Waals surface area contributed by atoms with Crippen LogP contribution < -0.4 is 4.74 Å². The summed E-state index contributed by atoms with van der Waals surface area (Å²) < 4.78 is 5.23. The largest absolute Gasteiger partial charge is 0.497 e. The van der Waals surface area contributed by atoms with Crippen molar-refractivity contribution in [2.45, 2.75) is 25.7 Å². The van der Waals surface area contributed by atoms with Gasteiger partial charge in [0.1, 0.15) is 5.75 Å². The first-order valence-electron chi connectivity index (χ1n) is 8.19. The predicted octanol–water partition coefficient (Wildman–Crippen LogP) is 2.18. The lowest BCUT2D eigenvalue weighted by Crippen LogP contribution is -2.43. The van der Waals surface area contributed by atoms with E-state index in [2.05, 4.69) is 16.8 Å². The minimum absolute atomic E-state index is 0.248. The molecule has 1 aromatic rings. The summed E-state index contributed by atoms with van der Waals surface area (Å²) in [5, 5.41) is 0. The van der Waals surface area contributed by atoms with E-state index in [1.807, 2.05) is 24.3 Å². The summed E-state index contributed by atoms with van der Waals surface area (Å²) in [6.45, 7) is 4.17. The first kappa shape index (κ1) is 15.3. The molecule has 4 nitrogen and oxygen atoms in total. The maximum absolute atomic E-state index is 12.6. The monoisotopic (exact) mass is 302 g/mol. The first-order valence-corrected chi connectivity index (χ1v) is 8.19. The van der Waals surface area contributed by atoms with E-state index in [9.17, 15) is 4.79 Å². The molecule has 2 saturated heterocycles. The molecule has 120 valence electrons. The van der Waals surface area contributed by atoms with E-state index in [0.29, 0.717) is 11.8 Å². The zero-order chi connectivity index (χ0) is 15.6. The van der Waals surface area contributed by atoms with E-state index in [1.165, 1.54) is 19.4 Å². The van der Waals surface area contributed by atoms with Crippen LogP contribution in [-0.4, -0.2) is 56.0 Å². The summed E-state index contributed by atoms with van der Waals surface area (Å²) in [6, 6.07) is 7.82. The second-order valence-electron chi connectivity index (χ2n) is 6.93. The van der Waals surface area contributed by atoms with E-state index < -0.39 is 0 Å². The average Bonchev–Trinajstić information content (AvgIpc) is 2.91. The van der Waals surface area contributed by atoms with Crippen molar-refractivity contribution in [3.63, 3.8) is 0 Å². The van der Waals surface area contributed by atoms with Crippen LogP contribution in [-0.2, 0) is 11.2 Å². The Morgan fingerprint density at radius 3 is 2.91 bits per heavy atom. The number of hydrogen-bond acceptors (Lipinski definition) is 3. The van der Waals surface area contributed by atoms with Crippen LogP contribution in [0.3, 0.4) is 0 Å². The number of nitrogens with zero attached hydrogens (tertiary/aromatic N) is 2. The van der Waals surface area contributed by atoms with Gasteiger partial charge in [-0.05, 0) is 50.6 Å². The third-order valence-electron chi connectivity index (χ3n) is 5.13. The number of hydrogen-bond donors (Lipinski definition) is 0. The molecule has 2 aliphatic heterocycles. The van der Waals surface area contributed by atoms with Gasteiger partial charge < -0.3 is 14.5 Å². The van der Waals surface area contributed by atoms with Crippen LogP contribution in [0.25, 0.3) is 0 Å². The van der Waals surface area contributed by atoms with E-state index in [4.69, 9.17) is 4.74 Å². The highest BCUT2D eigenvalue weighted by Crippen LogP contribution is 2.38. The number of benzene rings is 1. The second kappa shape index (κ2) is 6.29. The summed E-state index contributed by atoms with van der Waals surface area (Å²) in [5.41, 5.74) is 1.38. The summed E-state index contributed by atoms with van der Waals surface area (Å²) in [4.78, 5) is 17.1. The van der Waals surface area contributed by atoms with Crippen LogP contribution >= 0.6 is 0 Å². The number of piperidine rings is 1. The third-order valence-corrected chi connectivity index (χ3v) is 5.13. The van der Waals surface area contributed by atoms with Crippen molar-refractivity contribution in [3.8, 4) is 5.75 Å². The molecular weight excluding hydrogens is 276 g/mol. The van der Waals surface area contributed by atoms with Crippen LogP contribution in [0.2, 0.25) is 0 Å². The molecule has 1 atom stereocenters. The predicted molar refractivity (Wildman–Crippen MR) is 87.1 cm³/mol. The minimum Gasteiger partial charge on any atom is -0.497 e. The number of methoxy groups -OCH3 is 1. The number of amides is 1. The molecule has 22 heavy (non-hydrogen) atoms. The van der Waals surface area contributed by atoms with Gasteiger partial charge in [0, 0.05) is 25.0 Å². The zero-order valence-corrected chi connectivity index (χ0v) is 13.7. The topological polar surface area (TPSA) is 32.8 Å². The lowest BCUT2D eigenvalue weighted by Gasteiger charge is -2.38. The van der Waals surface area contributed by atoms with Gasteiger partial charge in [-0.2, -0.15) is 0 Å². The number of carbonyl (C=O) groups excluding carboxylic acids is 1. The van der Waals surface area contributed by atoms with Crippen molar-refractivity contribution >= 4 is 5.91 Å². The van der Waals surface area contributed by atoms with Gasteiger partial charge in [0.15, 0.2) is 0 Å². The normalized spacial score (nSPS) is 25.6. The molecule has 0 bridgehead atoms. The number of ether oxygens (including phenoxy) is 1. The van der Waals surface area contributed by atoms with Gasteiger partial charge in [-0.15, -0.1) is 0 Å². The fourth-order valence-electron chi connectivity index (χ4n) is 4.00. The Hall–Kier alpha value is -1.55. The molecule has 0 aliphatic carbocycles. The minimum atomic E-state index is 0.248. The molecule has 4 heteroatoms. The van der Waals surface area contributed by atoms with E-state index in [-0.39, 0.29) is 5.91 Å². The number of likely N-dealkylation sites (tertiary alicyclic amines) is 2. The molecule has 1 unspecified atom stereocenters. The SMILES string of the molecule is COc1cccc(CC(=O)N2CCC3(CCCN(C)C3)C2)c1. The molecule has 1 amide bonds. The van der Waals surface area contributed by atoms with Crippen LogP contribution in [0.5, 0.6) is 5.75 Å². The molecule has 0 aromatic heterocycles. The fourth-order valence-corrected chi connectivity index (χ4v) is 4.00. The molecule has 0 saturated carbocycles. The summed E-state index contributed by atoms with van der Waals surface area (Å²) >= 11 is 0. The Morgan fingerprint density at radius 2 is 2.14 bits per heavy atom. The van der Waals surface area contributed by atoms with Crippen LogP contribution in [0.15, 0.2) is 24.3 Å². The smallest absolute Gasteiger partial charge is 0.227 e. The lowest BCUT2D eigenvalue weighted by molar-refractivity contribution is -0.130. The van der Waals surface area contributed by atoms with Crippen molar-refractivity contribution in [2.75, 3.05) is 40.3 Å². The summed E-state index contributed by atoms with van der Waals surface area (Å²) in [7, 11) is 3.85. The highest BCUT2D eigenvalue weighted by atomic mass is 16.5. The van der Waals surface area contributed by atoms with Crippen LogP contribution in [0.1, 0.15) is 24.8 Å². The molecule has 1 aromatic carbocycles. The maximum Gasteiger partial charge on any atom is 0.227 e. The molecule has 2 aliphatic rings. The van der Waals surface area contributed by atoms with Crippen LogP contribution in [0, 0.1) is 5.41 Å². The second-order valence-corrected chi connectivity index (χ2v) is 6.93. The lowest BCUT2D eigenvalue weighted by atomic mass is 9.79. The molecule has 2 fully saturated rings. The number of rotatable bonds is 3. The van der Waals surface area contributed by atoms with Crippen molar-refractivity contribution in [1.82, 2.24) is 9.80 Å². The Labute approximate surface area is 133 Å². The Balaban J connectivity index is 1.61. The van der Waals surface area contributed by atoms with Crippen LogP contribution in [0.4, 0.5) is 0 Å². The Kier molecular flexibility index (Phi) is 4.39. The highest BCUT2D eigenvalue weighted by molar-refractivity contribution is 5.79. The molecule has 2 heterocycles. The summed E-state index contributed by atoms with van der Waals surface area (Å²) in [5.74, 6) is 1.07. The number of carbonyl (C=O) groups is 1. The van der Waals surface area contributed by atoms with Gasteiger partial charge in [-0.25, -0.2) is 0 Å². The van der Waals surface area contributed by atoms with E-state index in [1.54, 1.807) is 7.11 Å². The Bertz CT molecular complexity index is 546. The van der Waals surface area contributed by atoms with Crippen molar-refractivity contribution in [1.29, 1.82) is 0 Å². The van der Waals surface area contributed by atoms with Gasteiger partial charge in [0.2, 0.25) is 5.91 Å². The average molecular weight is 302 g/mol. The zero-order valence-electron chi connectivity index (χ0n) is 13.7. The van der Waals surface area contributed by atoms with E-state index in [0.717, 1.165) is 37.4 Å². The fraction of sp³-hybridized carbons (Fsp3) is 0.611. The standard InChI is InChI=1S/C18H26N2O2/c1-19-9-4-7-18(13-19)8-10-20(14-18)17(21)12-15-5-3-6-16(11-15)22-2/h3,5-6,11H,4,7-10,12-14H2,1-2H3. The van der Waals surface area contributed by atoms with Crippen molar-refractivity contribution in [2.24, 2.45) is 5.41 Å².